The molecule has 1 atom stereocenters. The molecule has 2 N–H and O–H groups in total. The van der Waals surface area contributed by atoms with Crippen LogP contribution in [0, 0.1) is 0 Å². The Morgan fingerprint density at radius 2 is 2.29 bits per heavy atom. The van der Waals surface area contributed by atoms with Crippen LogP contribution < -0.4 is 10.6 Å². The number of anilines is 1. The number of likely N-dealkylation sites (N-methyl/N-ethyl adjacent to an activating group) is 1. The lowest BCUT2D eigenvalue weighted by Gasteiger charge is -2.31. The van der Waals surface area contributed by atoms with Gasteiger partial charge in [0.15, 0.2) is 0 Å². The fraction of sp³-hybridized carbons (Fsp3) is 0.643. The standard InChI is InChI=1S/C14H20N4O2S/c1-2-18-7-3-4-10(13(18)19)16-14(20)17-12-11(9-5-6-9)21-8-15-12/h8-10H,2-7H2,1H3,(H2,16,17,20). The van der Waals surface area contributed by atoms with Gasteiger partial charge in [0.25, 0.3) is 0 Å². The van der Waals surface area contributed by atoms with Gasteiger partial charge in [-0.3, -0.25) is 10.1 Å². The Morgan fingerprint density at radius 1 is 1.48 bits per heavy atom. The summed E-state index contributed by atoms with van der Waals surface area (Å²) in [4.78, 5) is 31.4. The van der Waals surface area contributed by atoms with Crippen LogP contribution in [0.3, 0.4) is 0 Å². The summed E-state index contributed by atoms with van der Waals surface area (Å²) in [6.07, 6.45) is 3.97. The number of hydrogen-bond donors (Lipinski definition) is 2. The number of aromatic nitrogens is 1. The minimum atomic E-state index is -0.415. The molecule has 1 aromatic heterocycles. The minimum Gasteiger partial charge on any atom is -0.341 e. The van der Waals surface area contributed by atoms with Crippen molar-refractivity contribution in [3.8, 4) is 0 Å². The van der Waals surface area contributed by atoms with Gasteiger partial charge in [-0.2, -0.15) is 0 Å². The fourth-order valence-electron chi connectivity index (χ4n) is 2.67. The Morgan fingerprint density at radius 3 is 3.00 bits per heavy atom. The van der Waals surface area contributed by atoms with Crippen LogP contribution in [0.25, 0.3) is 0 Å². The maximum atomic E-state index is 12.1. The van der Waals surface area contributed by atoms with E-state index in [0.717, 1.165) is 17.8 Å². The highest BCUT2D eigenvalue weighted by Gasteiger charge is 2.31. The van der Waals surface area contributed by atoms with Crippen LogP contribution in [-0.4, -0.2) is 41.0 Å². The SMILES string of the molecule is CCN1CCCC(NC(=O)Nc2ncsc2C2CC2)C1=O. The third-order valence-electron chi connectivity index (χ3n) is 3.99. The second-order valence-corrected chi connectivity index (χ2v) is 6.44. The molecule has 2 aliphatic rings. The van der Waals surface area contributed by atoms with Gasteiger partial charge in [-0.05, 0) is 38.5 Å². The van der Waals surface area contributed by atoms with Crippen LogP contribution >= 0.6 is 11.3 Å². The van der Waals surface area contributed by atoms with Gasteiger partial charge >= 0.3 is 6.03 Å². The molecular formula is C14H20N4O2S. The Hall–Kier alpha value is -1.63. The second-order valence-electron chi connectivity index (χ2n) is 5.55. The molecule has 1 saturated heterocycles. The van der Waals surface area contributed by atoms with E-state index < -0.39 is 6.04 Å². The number of hydrogen-bond acceptors (Lipinski definition) is 4. The highest BCUT2D eigenvalue weighted by molar-refractivity contribution is 7.10. The van der Waals surface area contributed by atoms with Crippen molar-refractivity contribution >= 4 is 29.1 Å². The molecule has 3 amide bonds. The lowest BCUT2D eigenvalue weighted by molar-refractivity contribution is -0.135. The molecule has 1 aliphatic carbocycles. The summed E-state index contributed by atoms with van der Waals surface area (Å²) in [5, 5.41) is 5.57. The number of piperidine rings is 1. The molecule has 0 aromatic carbocycles. The molecule has 114 valence electrons. The van der Waals surface area contributed by atoms with E-state index >= 15 is 0 Å². The summed E-state index contributed by atoms with van der Waals surface area (Å²) >= 11 is 1.58. The fourth-order valence-corrected chi connectivity index (χ4v) is 3.59. The molecule has 1 aliphatic heterocycles. The number of likely N-dealkylation sites (tertiary alicyclic amines) is 1. The predicted octanol–water partition coefficient (Wildman–Crippen LogP) is 2.15. The van der Waals surface area contributed by atoms with E-state index in [4.69, 9.17) is 0 Å². The molecule has 1 aromatic rings. The van der Waals surface area contributed by atoms with Crippen molar-refractivity contribution in [2.45, 2.75) is 44.6 Å². The van der Waals surface area contributed by atoms with E-state index in [2.05, 4.69) is 15.6 Å². The Balaban J connectivity index is 1.58. The minimum absolute atomic E-state index is 0.0135. The van der Waals surface area contributed by atoms with Crippen LogP contribution in [0.2, 0.25) is 0 Å². The van der Waals surface area contributed by atoms with Crippen molar-refractivity contribution in [2.75, 3.05) is 18.4 Å². The van der Waals surface area contributed by atoms with Gasteiger partial charge in [0, 0.05) is 13.1 Å². The summed E-state index contributed by atoms with van der Waals surface area (Å²) in [5.41, 5.74) is 1.76. The van der Waals surface area contributed by atoms with Crippen molar-refractivity contribution in [3.05, 3.63) is 10.4 Å². The number of carbonyl (C=O) groups is 2. The Labute approximate surface area is 127 Å². The predicted molar refractivity (Wildman–Crippen MR) is 81.5 cm³/mol. The van der Waals surface area contributed by atoms with Gasteiger partial charge in [0.2, 0.25) is 5.91 Å². The average Bonchev–Trinajstić information content (AvgIpc) is 3.22. The van der Waals surface area contributed by atoms with Gasteiger partial charge < -0.3 is 10.2 Å². The number of nitrogens with zero attached hydrogens (tertiary/aromatic N) is 2. The lowest BCUT2D eigenvalue weighted by Crippen LogP contribution is -2.53. The highest BCUT2D eigenvalue weighted by atomic mass is 32.1. The molecule has 1 unspecified atom stereocenters. The monoisotopic (exact) mass is 308 g/mol. The van der Waals surface area contributed by atoms with Crippen molar-refractivity contribution in [1.29, 1.82) is 0 Å². The van der Waals surface area contributed by atoms with Crippen LogP contribution in [0.1, 0.15) is 43.4 Å². The first-order valence-corrected chi connectivity index (χ1v) is 8.36. The maximum Gasteiger partial charge on any atom is 0.321 e. The molecule has 2 fully saturated rings. The van der Waals surface area contributed by atoms with Gasteiger partial charge in [0.05, 0.1) is 10.4 Å². The van der Waals surface area contributed by atoms with E-state index in [0.29, 0.717) is 24.7 Å². The largest absolute Gasteiger partial charge is 0.341 e. The van der Waals surface area contributed by atoms with Crippen molar-refractivity contribution in [1.82, 2.24) is 15.2 Å². The summed E-state index contributed by atoms with van der Waals surface area (Å²) in [6.45, 7) is 3.43. The first-order valence-electron chi connectivity index (χ1n) is 7.48. The van der Waals surface area contributed by atoms with E-state index in [9.17, 15) is 9.59 Å². The topological polar surface area (TPSA) is 74.3 Å². The van der Waals surface area contributed by atoms with Crippen LogP contribution in [0.4, 0.5) is 10.6 Å². The molecule has 7 heteroatoms. The van der Waals surface area contributed by atoms with Crippen molar-refractivity contribution < 1.29 is 9.59 Å². The quantitative estimate of drug-likeness (QED) is 0.895. The molecule has 21 heavy (non-hydrogen) atoms. The summed E-state index contributed by atoms with van der Waals surface area (Å²) in [6, 6.07) is -0.749. The Bertz CT molecular complexity index is 541. The number of amides is 3. The van der Waals surface area contributed by atoms with Crippen LogP contribution in [0.15, 0.2) is 5.51 Å². The number of thiazole rings is 1. The average molecular weight is 308 g/mol. The first kappa shape index (κ1) is 14.3. The van der Waals surface area contributed by atoms with E-state index in [1.54, 1.807) is 21.7 Å². The van der Waals surface area contributed by atoms with Gasteiger partial charge in [-0.15, -0.1) is 11.3 Å². The molecule has 0 radical (unpaired) electrons. The molecule has 6 nitrogen and oxygen atoms in total. The zero-order valence-electron chi connectivity index (χ0n) is 12.1. The number of carbonyl (C=O) groups excluding carboxylic acids is 2. The second kappa shape index (κ2) is 6.01. The zero-order valence-corrected chi connectivity index (χ0v) is 12.9. The molecule has 3 rings (SSSR count). The maximum absolute atomic E-state index is 12.1. The number of rotatable bonds is 4. The third-order valence-corrected chi connectivity index (χ3v) is 4.98. The zero-order chi connectivity index (χ0) is 14.8. The van der Waals surface area contributed by atoms with E-state index in [1.807, 2.05) is 6.92 Å². The first-order chi connectivity index (χ1) is 10.2. The smallest absolute Gasteiger partial charge is 0.321 e. The normalized spacial score (nSPS) is 22.2. The summed E-state index contributed by atoms with van der Waals surface area (Å²) < 4.78 is 0. The van der Waals surface area contributed by atoms with Gasteiger partial charge in [0.1, 0.15) is 11.9 Å². The van der Waals surface area contributed by atoms with Gasteiger partial charge in [-0.1, -0.05) is 0 Å². The molecule has 1 saturated carbocycles. The van der Waals surface area contributed by atoms with E-state index in [1.165, 1.54) is 12.8 Å². The highest BCUT2D eigenvalue weighted by Crippen LogP contribution is 2.45. The lowest BCUT2D eigenvalue weighted by atomic mass is 10.1. The van der Waals surface area contributed by atoms with E-state index in [-0.39, 0.29) is 11.9 Å². The Kier molecular flexibility index (Phi) is 4.10. The number of urea groups is 1. The van der Waals surface area contributed by atoms with Crippen LogP contribution in [0.5, 0.6) is 0 Å². The van der Waals surface area contributed by atoms with Crippen molar-refractivity contribution in [2.24, 2.45) is 0 Å². The molecule has 0 bridgehead atoms. The molecular weight excluding hydrogens is 288 g/mol. The summed E-state index contributed by atoms with van der Waals surface area (Å²) in [5.74, 6) is 1.22. The molecule has 2 heterocycles. The van der Waals surface area contributed by atoms with Crippen LogP contribution in [-0.2, 0) is 4.79 Å². The summed E-state index contributed by atoms with van der Waals surface area (Å²) in [7, 11) is 0. The number of nitrogens with one attached hydrogen (secondary N) is 2. The van der Waals surface area contributed by atoms with Gasteiger partial charge in [-0.25, -0.2) is 9.78 Å². The molecule has 0 spiro atoms. The van der Waals surface area contributed by atoms with Crippen molar-refractivity contribution in [3.63, 3.8) is 0 Å². The third kappa shape index (κ3) is 3.18.